The number of anilines is 1. The van der Waals surface area contributed by atoms with Crippen molar-refractivity contribution in [2.45, 2.75) is 45.6 Å². The highest BCUT2D eigenvalue weighted by molar-refractivity contribution is 5.46. The topological polar surface area (TPSA) is 32.3 Å². The van der Waals surface area contributed by atoms with E-state index in [0.717, 1.165) is 24.9 Å². The summed E-state index contributed by atoms with van der Waals surface area (Å²) < 4.78 is 0. The van der Waals surface area contributed by atoms with Gasteiger partial charge in [0.05, 0.1) is 5.60 Å². The Morgan fingerprint density at radius 3 is 2.59 bits per heavy atom. The third-order valence-corrected chi connectivity index (χ3v) is 3.30. The molecule has 1 radical (unpaired) electrons. The molecule has 1 aromatic carbocycles. The molecular weight excluding hydrogens is 210 g/mol. The number of hydrogen-bond acceptors (Lipinski definition) is 2. The fourth-order valence-corrected chi connectivity index (χ4v) is 1.81. The normalized spacial score (nSPS) is 11.5. The van der Waals surface area contributed by atoms with Gasteiger partial charge >= 0.3 is 0 Å². The van der Waals surface area contributed by atoms with Gasteiger partial charge in [-0.05, 0) is 43.4 Å². The standard InChI is InChI=1S/C15H24NO/c1-4-8-13-9-7-10-14(11-13)16-12-15(17,5-2)6-3/h4,7,9-11,16-17H,5-6,8,12H2,1-3H3. The second-order valence-electron chi connectivity index (χ2n) is 4.60. The average molecular weight is 234 g/mol. The van der Waals surface area contributed by atoms with E-state index in [4.69, 9.17) is 0 Å². The van der Waals surface area contributed by atoms with Gasteiger partial charge in [-0.3, -0.25) is 0 Å². The Balaban J connectivity index is 2.59. The van der Waals surface area contributed by atoms with Gasteiger partial charge in [0.15, 0.2) is 0 Å². The van der Waals surface area contributed by atoms with E-state index in [1.54, 1.807) is 0 Å². The van der Waals surface area contributed by atoms with Crippen molar-refractivity contribution in [3.63, 3.8) is 0 Å². The number of hydrogen-bond donors (Lipinski definition) is 2. The van der Waals surface area contributed by atoms with E-state index < -0.39 is 5.60 Å². The molecule has 1 rings (SSSR count). The predicted octanol–water partition coefficient (Wildman–Crippen LogP) is 3.42. The molecule has 0 bridgehead atoms. The van der Waals surface area contributed by atoms with Crippen LogP contribution in [0, 0.1) is 6.42 Å². The Hall–Kier alpha value is -1.02. The van der Waals surface area contributed by atoms with Crippen LogP contribution in [0.15, 0.2) is 24.3 Å². The lowest BCUT2D eigenvalue weighted by Crippen LogP contribution is -2.35. The van der Waals surface area contributed by atoms with Gasteiger partial charge in [-0.15, -0.1) is 0 Å². The molecule has 2 N–H and O–H groups in total. The van der Waals surface area contributed by atoms with Gasteiger partial charge in [0.2, 0.25) is 0 Å². The maximum Gasteiger partial charge on any atom is 0.0814 e. The maximum atomic E-state index is 10.2. The monoisotopic (exact) mass is 234 g/mol. The molecule has 0 unspecified atom stereocenters. The Kier molecular flexibility index (Phi) is 5.49. The molecule has 95 valence electrons. The molecular formula is C15H24NO. The molecule has 0 aliphatic heterocycles. The maximum absolute atomic E-state index is 10.2. The molecule has 0 fully saturated rings. The van der Waals surface area contributed by atoms with Crippen molar-refractivity contribution < 1.29 is 5.11 Å². The first-order valence-electron chi connectivity index (χ1n) is 6.46. The zero-order chi connectivity index (χ0) is 12.7. The molecule has 0 saturated heterocycles. The van der Waals surface area contributed by atoms with Crippen LogP contribution in [0.2, 0.25) is 0 Å². The van der Waals surface area contributed by atoms with Crippen LogP contribution in [0.5, 0.6) is 0 Å². The second-order valence-corrected chi connectivity index (χ2v) is 4.60. The first-order valence-corrected chi connectivity index (χ1v) is 6.46. The molecule has 0 aromatic heterocycles. The molecule has 2 nitrogen and oxygen atoms in total. The summed E-state index contributed by atoms with van der Waals surface area (Å²) in [7, 11) is 0. The largest absolute Gasteiger partial charge is 0.388 e. The van der Waals surface area contributed by atoms with E-state index in [9.17, 15) is 5.11 Å². The van der Waals surface area contributed by atoms with Crippen LogP contribution in [0.25, 0.3) is 0 Å². The van der Waals surface area contributed by atoms with Crippen molar-refractivity contribution in [3.8, 4) is 0 Å². The first-order chi connectivity index (χ1) is 8.13. The van der Waals surface area contributed by atoms with Crippen molar-refractivity contribution in [1.29, 1.82) is 0 Å². The first kappa shape index (κ1) is 14.0. The van der Waals surface area contributed by atoms with Gasteiger partial charge in [0.25, 0.3) is 0 Å². The highest BCUT2D eigenvalue weighted by atomic mass is 16.3. The fraction of sp³-hybridized carbons (Fsp3) is 0.533. The lowest BCUT2D eigenvalue weighted by atomic mass is 9.97. The third-order valence-electron chi connectivity index (χ3n) is 3.30. The van der Waals surface area contributed by atoms with E-state index >= 15 is 0 Å². The number of benzene rings is 1. The Morgan fingerprint density at radius 1 is 1.29 bits per heavy atom. The van der Waals surface area contributed by atoms with Gasteiger partial charge in [-0.2, -0.15) is 0 Å². The number of rotatable bonds is 7. The molecule has 1 aromatic rings. The van der Waals surface area contributed by atoms with Crippen LogP contribution in [0.3, 0.4) is 0 Å². The highest BCUT2D eigenvalue weighted by Gasteiger charge is 2.21. The second kappa shape index (κ2) is 6.65. The summed E-state index contributed by atoms with van der Waals surface area (Å²) in [6, 6.07) is 8.37. The SMILES string of the molecule is C[CH]Cc1cccc(NCC(O)(CC)CC)c1. The molecule has 2 heteroatoms. The van der Waals surface area contributed by atoms with E-state index in [1.165, 1.54) is 5.56 Å². The number of nitrogens with one attached hydrogen (secondary N) is 1. The zero-order valence-corrected chi connectivity index (χ0v) is 11.2. The van der Waals surface area contributed by atoms with E-state index in [2.05, 4.69) is 36.9 Å². The van der Waals surface area contributed by atoms with E-state index in [0.29, 0.717) is 6.54 Å². The summed E-state index contributed by atoms with van der Waals surface area (Å²) in [6.45, 7) is 6.72. The van der Waals surface area contributed by atoms with Crippen molar-refractivity contribution in [3.05, 3.63) is 36.2 Å². The average Bonchev–Trinajstić information content (AvgIpc) is 2.37. The van der Waals surface area contributed by atoms with E-state index in [-0.39, 0.29) is 0 Å². The predicted molar refractivity (Wildman–Crippen MR) is 74.1 cm³/mol. The van der Waals surface area contributed by atoms with Gasteiger partial charge in [-0.1, -0.05) is 32.9 Å². The Morgan fingerprint density at radius 2 is 2.00 bits per heavy atom. The summed E-state index contributed by atoms with van der Waals surface area (Å²) in [5, 5.41) is 13.5. The molecule has 0 atom stereocenters. The summed E-state index contributed by atoms with van der Waals surface area (Å²) in [5.41, 5.74) is 1.80. The Bertz CT molecular complexity index is 331. The molecule has 0 amide bonds. The minimum Gasteiger partial charge on any atom is -0.388 e. The van der Waals surface area contributed by atoms with Crippen LogP contribution < -0.4 is 5.32 Å². The van der Waals surface area contributed by atoms with Gasteiger partial charge in [0.1, 0.15) is 0 Å². The Labute approximate surface area is 105 Å². The third kappa shape index (κ3) is 4.39. The summed E-state index contributed by atoms with van der Waals surface area (Å²) in [6.07, 6.45) is 4.69. The summed E-state index contributed by atoms with van der Waals surface area (Å²) >= 11 is 0. The summed E-state index contributed by atoms with van der Waals surface area (Å²) in [4.78, 5) is 0. The zero-order valence-electron chi connectivity index (χ0n) is 11.2. The highest BCUT2D eigenvalue weighted by Crippen LogP contribution is 2.17. The van der Waals surface area contributed by atoms with E-state index in [1.807, 2.05) is 19.9 Å². The van der Waals surface area contributed by atoms with Crippen molar-refractivity contribution in [1.82, 2.24) is 0 Å². The molecule has 0 aliphatic rings. The smallest absolute Gasteiger partial charge is 0.0814 e. The van der Waals surface area contributed by atoms with Crippen LogP contribution in [0.1, 0.15) is 39.2 Å². The van der Waals surface area contributed by atoms with Crippen molar-refractivity contribution in [2.24, 2.45) is 0 Å². The molecule has 0 spiro atoms. The lowest BCUT2D eigenvalue weighted by Gasteiger charge is -2.26. The van der Waals surface area contributed by atoms with Gasteiger partial charge < -0.3 is 10.4 Å². The molecule has 0 aliphatic carbocycles. The molecule has 0 heterocycles. The van der Waals surface area contributed by atoms with Crippen molar-refractivity contribution in [2.75, 3.05) is 11.9 Å². The lowest BCUT2D eigenvalue weighted by molar-refractivity contribution is 0.0457. The summed E-state index contributed by atoms with van der Waals surface area (Å²) in [5.74, 6) is 0. The van der Waals surface area contributed by atoms with Crippen LogP contribution in [0.4, 0.5) is 5.69 Å². The van der Waals surface area contributed by atoms with Gasteiger partial charge in [0, 0.05) is 12.2 Å². The van der Waals surface area contributed by atoms with Crippen LogP contribution in [-0.2, 0) is 6.42 Å². The molecule has 17 heavy (non-hydrogen) atoms. The van der Waals surface area contributed by atoms with Gasteiger partial charge in [-0.25, -0.2) is 0 Å². The van der Waals surface area contributed by atoms with Crippen LogP contribution in [-0.4, -0.2) is 17.3 Å². The minimum atomic E-state index is -0.590. The van der Waals surface area contributed by atoms with Crippen LogP contribution >= 0.6 is 0 Å². The molecule has 0 saturated carbocycles. The number of aliphatic hydroxyl groups is 1. The van der Waals surface area contributed by atoms with Crippen molar-refractivity contribution >= 4 is 5.69 Å². The quantitative estimate of drug-likeness (QED) is 0.757. The minimum absolute atomic E-state index is 0.590. The fourth-order valence-electron chi connectivity index (χ4n) is 1.81.